The van der Waals surface area contributed by atoms with Crippen molar-refractivity contribution in [3.8, 4) is 0 Å². The van der Waals surface area contributed by atoms with Crippen LogP contribution >= 0.6 is 0 Å². The summed E-state index contributed by atoms with van der Waals surface area (Å²) in [6, 6.07) is 4.06. The van der Waals surface area contributed by atoms with Crippen molar-refractivity contribution < 1.29 is 9.15 Å². The van der Waals surface area contributed by atoms with Crippen LogP contribution in [0.3, 0.4) is 0 Å². The molecule has 142 valence electrons. The summed E-state index contributed by atoms with van der Waals surface area (Å²) >= 11 is 0. The van der Waals surface area contributed by atoms with E-state index in [1.54, 1.807) is 6.26 Å². The van der Waals surface area contributed by atoms with Crippen molar-refractivity contribution in [1.29, 1.82) is 0 Å². The summed E-state index contributed by atoms with van der Waals surface area (Å²) in [5.41, 5.74) is 0.0399. The van der Waals surface area contributed by atoms with Crippen molar-refractivity contribution in [3.63, 3.8) is 0 Å². The maximum absolute atomic E-state index is 5.93. The van der Waals surface area contributed by atoms with Crippen molar-refractivity contribution in [2.75, 3.05) is 33.8 Å². The van der Waals surface area contributed by atoms with Crippen molar-refractivity contribution in [2.45, 2.75) is 58.5 Å². The van der Waals surface area contributed by atoms with E-state index >= 15 is 0 Å². The minimum Gasteiger partial charge on any atom is -0.469 e. The summed E-state index contributed by atoms with van der Waals surface area (Å²) in [6.07, 6.45) is 7.10. The van der Waals surface area contributed by atoms with Gasteiger partial charge in [-0.1, -0.05) is 13.8 Å². The quantitative estimate of drug-likeness (QED) is 0.644. The summed E-state index contributed by atoms with van der Waals surface area (Å²) in [7, 11) is 4.29. The van der Waals surface area contributed by atoms with Crippen LogP contribution in [0.25, 0.3) is 0 Å². The van der Waals surface area contributed by atoms with Crippen LogP contribution < -0.4 is 0 Å². The molecule has 0 bridgehead atoms. The highest BCUT2D eigenvalue weighted by atomic mass is 16.5. The maximum Gasteiger partial charge on any atom is 0.107 e. The molecule has 0 aliphatic carbocycles. The van der Waals surface area contributed by atoms with E-state index < -0.39 is 0 Å². The average molecular weight is 349 g/mol. The van der Waals surface area contributed by atoms with Gasteiger partial charge in [0.05, 0.1) is 11.9 Å². The van der Waals surface area contributed by atoms with Crippen LogP contribution in [0.5, 0.6) is 0 Å². The number of hydrogen-bond donors (Lipinski definition) is 0. The molecule has 4 heteroatoms. The Morgan fingerprint density at radius 2 is 2.08 bits per heavy atom. The standard InChI is InChI=1S/C21H36N2O2/c1-17(2)18(19-8-7-12-24-19)9-11-22-15-21(16-23(5)6)10-13-25-20(3,4)14-21/h7-8,12,15,17-18H,9-11,13-14,16H2,1-6H3. The van der Waals surface area contributed by atoms with Crippen LogP contribution in [0.2, 0.25) is 0 Å². The van der Waals surface area contributed by atoms with E-state index in [9.17, 15) is 0 Å². The molecule has 4 nitrogen and oxygen atoms in total. The Morgan fingerprint density at radius 3 is 2.64 bits per heavy atom. The van der Waals surface area contributed by atoms with Gasteiger partial charge in [-0.2, -0.15) is 0 Å². The molecule has 0 amide bonds. The summed E-state index contributed by atoms with van der Waals surface area (Å²) < 4.78 is 11.6. The van der Waals surface area contributed by atoms with E-state index in [1.807, 2.05) is 6.07 Å². The molecule has 0 radical (unpaired) electrons. The molecule has 25 heavy (non-hydrogen) atoms. The highest BCUT2D eigenvalue weighted by Crippen LogP contribution is 2.38. The molecule has 0 spiro atoms. The van der Waals surface area contributed by atoms with Crippen molar-refractivity contribution in [1.82, 2.24) is 4.90 Å². The van der Waals surface area contributed by atoms with E-state index in [0.717, 1.165) is 44.7 Å². The molecular formula is C21H36N2O2. The second kappa shape index (κ2) is 8.50. The summed E-state index contributed by atoms with van der Waals surface area (Å²) in [5, 5.41) is 0. The second-order valence-corrected chi connectivity index (χ2v) is 8.82. The van der Waals surface area contributed by atoms with Gasteiger partial charge >= 0.3 is 0 Å². The predicted octanol–water partition coefficient (Wildman–Crippen LogP) is 4.62. The van der Waals surface area contributed by atoms with Gasteiger partial charge in [0.1, 0.15) is 5.76 Å². The van der Waals surface area contributed by atoms with Crippen LogP contribution in [0.1, 0.15) is 58.6 Å². The minimum atomic E-state index is -0.0745. The third-order valence-electron chi connectivity index (χ3n) is 5.15. The molecule has 2 heterocycles. The van der Waals surface area contributed by atoms with Crippen molar-refractivity contribution >= 4 is 6.21 Å². The number of hydrogen-bond acceptors (Lipinski definition) is 4. The van der Waals surface area contributed by atoms with Crippen LogP contribution in [0, 0.1) is 11.3 Å². The first-order valence-corrected chi connectivity index (χ1v) is 9.56. The lowest BCUT2D eigenvalue weighted by molar-refractivity contribution is -0.0887. The molecule has 0 N–H and O–H groups in total. The van der Waals surface area contributed by atoms with E-state index in [0.29, 0.717) is 11.8 Å². The first-order valence-electron chi connectivity index (χ1n) is 9.56. The molecule has 1 fully saturated rings. The van der Waals surface area contributed by atoms with Gasteiger partial charge in [0.2, 0.25) is 0 Å². The Hall–Kier alpha value is -1.13. The van der Waals surface area contributed by atoms with Gasteiger partial charge in [0.15, 0.2) is 0 Å². The number of nitrogens with zero attached hydrogens (tertiary/aromatic N) is 2. The predicted molar refractivity (Wildman–Crippen MR) is 105 cm³/mol. The topological polar surface area (TPSA) is 38.0 Å². The highest BCUT2D eigenvalue weighted by molar-refractivity contribution is 5.66. The first-order chi connectivity index (χ1) is 11.7. The van der Waals surface area contributed by atoms with E-state index in [1.165, 1.54) is 0 Å². The van der Waals surface area contributed by atoms with E-state index in [4.69, 9.17) is 14.1 Å². The van der Waals surface area contributed by atoms with Gasteiger partial charge in [0.25, 0.3) is 0 Å². The zero-order chi connectivity index (χ0) is 18.5. The second-order valence-electron chi connectivity index (χ2n) is 8.82. The number of furan rings is 1. The average Bonchev–Trinajstić information content (AvgIpc) is 2.98. The fourth-order valence-electron chi connectivity index (χ4n) is 4.21. The van der Waals surface area contributed by atoms with Crippen molar-refractivity contribution in [2.24, 2.45) is 16.3 Å². The molecule has 1 aromatic rings. The summed E-state index contributed by atoms with van der Waals surface area (Å²) in [4.78, 5) is 7.14. The lowest BCUT2D eigenvalue weighted by atomic mass is 9.74. The molecular weight excluding hydrogens is 312 g/mol. The molecule has 1 aromatic heterocycles. The molecule has 2 atom stereocenters. The Kier molecular flexibility index (Phi) is 6.86. The Balaban J connectivity index is 2.01. The fraction of sp³-hybridized carbons (Fsp3) is 0.762. The Labute approximate surface area is 153 Å². The van der Waals surface area contributed by atoms with Gasteiger partial charge in [0, 0.05) is 37.2 Å². The molecule has 1 aliphatic rings. The third kappa shape index (κ3) is 5.96. The lowest BCUT2D eigenvalue weighted by Crippen LogP contribution is -2.47. The number of ether oxygens (including phenoxy) is 1. The van der Waals surface area contributed by atoms with E-state index in [2.05, 4.69) is 59.0 Å². The first kappa shape index (κ1) is 20.2. The van der Waals surface area contributed by atoms with Crippen LogP contribution in [-0.4, -0.2) is 50.5 Å². The third-order valence-corrected chi connectivity index (χ3v) is 5.15. The summed E-state index contributed by atoms with van der Waals surface area (Å²) in [6.45, 7) is 11.6. The van der Waals surface area contributed by atoms with Gasteiger partial charge in [-0.05, 0) is 65.3 Å². The largest absolute Gasteiger partial charge is 0.469 e. The lowest BCUT2D eigenvalue weighted by Gasteiger charge is -2.44. The van der Waals surface area contributed by atoms with Gasteiger partial charge in [-0.25, -0.2) is 0 Å². The summed E-state index contributed by atoms with van der Waals surface area (Å²) in [5.74, 6) is 2.07. The van der Waals surface area contributed by atoms with Crippen molar-refractivity contribution in [3.05, 3.63) is 24.2 Å². The minimum absolute atomic E-state index is 0.0745. The molecule has 0 saturated carbocycles. The van der Waals surface area contributed by atoms with Crippen LogP contribution in [-0.2, 0) is 4.74 Å². The smallest absolute Gasteiger partial charge is 0.107 e. The molecule has 2 unspecified atom stereocenters. The van der Waals surface area contributed by atoms with Gasteiger partial charge in [-0.15, -0.1) is 0 Å². The normalized spacial score (nSPS) is 25.1. The molecule has 2 rings (SSSR count). The highest BCUT2D eigenvalue weighted by Gasteiger charge is 2.40. The Morgan fingerprint density at radius 1 is 1.32 bits per heavy atom. The molecule has 1 saturated heterocycles. The van der Waals surface area contributed by atoms with E-state index in [-0.39, 0.29) is 11.0 Å². The van der Waals surface area contributed by atoms with Gasteiger partial charge < -0.3 is 14.1 Å². The fourth-order valence-corrected chi connectivity index (χ4v) is 4.21. The number of rotatable bonds is 8. The Bertz CT molecular complexity index is 534. The SMILES string of the molecule is CC(C)C(CCN=CC1(CN(C)C)CCOC(C)(C)C1)c1ccco1. The monoisotopic (exact) mass is 348 g/mol. The number of aliphatic imine (C=N–C) groups is 1. The maximum atomic E-state index is 5.93. The van der Waals surface area contributed by atoms with Crippen LogP contribution in [0.4, 0.5) is 0 Å². The molecule has 1 aliphatic heterocycles. The molecule has 0 aromatic carbocycles. The van der Waals surface area contributed by atoms with Gasteiger partial charge in [-0.3, -0.25) is 4.99 Å². The zero-order valence-corrected chi connectivity index (χ0v) is 16.9. The zero-order valence-electron chi connectivity index (χ0n) is 16.9. The van der Waals surface area contributed by atoms with Crippen LogP contribution in [0.15, 0.2) is 27.8 Å².